The minimum Gasteiger partial charge on any atom is -0.366 e. The lowest BCUT2D eigenvalue weighted by Crippen LogP contribution is -2.48. The molecule has 2 rings (SSSR count). The minimum atomic E-state index is 0.191. The van der Waals surface area contributed by atoms with Crippen LogP contribution >= 0.6 is 0 Å². The molecule has 0 aliphatic carbocycles. The third-order valence-corrected chi connectivity index (χ3v) is 4.64. The van der Waals surface area contributed by atoms with Crippen LogP contribution in [0.5, 0.6) is 0 Å². The molecule has 1 unspecified atom stereocenters. The Bertz CT molecular complexity index is 504. The van der Waals surface area contributed by atoms with Gasteiger partial charge in [-0.3, -0.25) is 4.79 Å². The highest BCUT2D eigenvalue weighted by Gasteiger charge is 2.36. The molecule has 110 valence electrons. The van der Waals surface area contributed by atoms with E-state index >= 15 is 0 Å². The highest BCUT2D eigenvalue weighted by molar-refractivity contribution is 5.80. The Morgan fingerprint density at radius 2 is 2.10 bits per heavy atom. The zero-order chi connectivity index (χ0) is 14.9. The van der Waals surface area contributed by atoms with E-state index in [4.69, 9.17) is 0 Å². The van der Waals surface area contributed by atoms with Crippen LogP contribution in [0.15, 0.2) is 12.1 Å². The van der Waals surface area contributed by atoms with Gasteiger partial charge in [-0.1, -0.05) is 20.3 Å². The molecule has 2 heteroatoms. The fraction of sp³-hybridized carbons (Fsp3) is 0.611. The highest BCUT2D eigenvalue weighted by atomic mass is 16.1. The van der Waals surface area contributed by atoms with Gasteiger partial charge in [0, 0.05) is 23.3 Å². The summed E-state index contributed by atoms with van der Waals surface area (Å²) in [6, 6.07) is 4.32. The van der Waals surface area contributed by atoms with Gasteiger partial charge in [0.05, 0.1) is 0 Å². The van der Waals surface area contributed by atoms with Crippen LogP contribution in [0.3, 0.4) is 0 Å². The number of hydrogen-bond acceptors (Lipinski definition) is 2. The lowest BCUT2D eigenvalue weighted by molar-refractivity contribution is 0.112. The minimum absolute atomic E-state index is 0.191. The summed E-state index contributed by atoms with van der Waals surface area (Å²) < 4.78 is 0. The molecule has 0 saturated carbocycles. The number of carbonyl (C=O) groups excluding carboxylic acids is 1. The summed E-state index contributed by atoms with van der Waals surface area (Å²) in [5.74, 6) is 0.511. The van der Waals surface area contributed by atoms with E-state index in [1.54, 1.807) is 0 Å². The standard InChI is InChI=1S/C18H27NO/c1-6-7-8-19-17-9-13(2)15(12-20)10-16(17)14(3)11-18(19,4)5/h9-10,12,14H,6-8,11H2,1-5H3. The third-order valence-electron chi connectivity index (χ3n) is 4.64. The van der Waals surface area contributed by atoms with Gasteiger partial charge in [0.25, 0.3) is 0 Å². The Hall–Kier alpha value is -1.31. The number of carbonyl (C=O) groups is 1. The lowest BCUT2D eigenvalue weighted by atomic mass is 9.79. The summed E-state index contributed by atoms with van der Waals surface area (Å²) in [6.45, 7) is 12.3. The molecular formula is C18H27NO. The van der Waals surface area contributed by atoms with Crippen LogP contribution in [-0.2, 0) is 0 Å². The molecule has 1 aliphatic heterocycles. The molecule has 1 heterocycles. The summed E-state index contributed by atoms with van der Waals surface area (Å²) >= 11 is 0. The van der Waals surface area contributed by atoms with Crippen molar-refractivity contribution in [3.8, 4) is 0 Å². The molecule has 2 nitrogen and oxygen atoms in total. The van der Waals surface area contributed by atoms with Gasteiger partial charge in [-0.15, -0.1) is 0 Å². The van der Waals surface area contributed by atoms with Gasteiger partial charge >= 0.3 is 0 Å². The maximum atomic E-state index is 11.2. The molecule has 0 amide bonds. The molecule has 0 aromatic heterocycles. The fourth-order valence-corrected chi connectivity index (χ4v) is 3.52. The number of hydrogen-bond donors (Lipinski definition) is 0. The SMILES string of the molecule is CCCCN1c2cc(C)c(C=O)cc2C(C)CC1(C)C. The van der Waals surface area contributed by atoms with E-state index in [1.165, 1.54) is 24.1 Å². The van der Waals surface area contributed by atoms with Crippen molar-refractivity contribution in [3.05, 3.63) is 28.8 Å². The Kier molecular flexibility index (Phi) is 4.22. The molecule has 1 aromatic rings. The maximum absolute atomic E-state index is 11.2. The number of nitrogens with zero attached hydrogens (tertiary/aromatic N) is 1. The van der Waals surface area contributed by atoms with E-state index in [-0.39, 0.29) is 5.54 Å². The van der Waals surface area contributed by atoms with Gasteiger partial charge in [0.15, 0.2) is 0 Å². The van der Waals surface area contributed by atoms with E-state index < -0.39 is 0 Å². The number of anilines is 1. The molecule has 1 aliphatic rings. The largest absolute Gasteiger partial charge is 0.366 e. The van der Waals surface area contributed by atoms with E-state index in [1.807, 2.05) is 6.92 Å². The van der Waals surface area contributed by atoms with Crippen LogP contribution in [0.25, 0.3) is 0 Å². The predicted octanol–water partition coefficient (Wildman–Crippen LogP) is 4.70. The monoisotopic (exact) mass is 273 g/mol. The van der Waals surface area contributed by atoms with E-state index in [0.717, 1.165) is 30.4 Å². The first-order valence-electron chi connectivity index (χ1n) is 7.78. The number of unbranched alkanes of at least 4 members (excludes halogenated alkanes) is 1. The summed E-state index contributed by atoms with van der Waals surface area (Å²) in [6.07, 6.45) is 4.55. The average molecular weight is 273 g/mol. The topological polar surface area (TPSA) is 20.3 Å². The molecule has 0 spiro atoms. The van der Waals surface area contributed by atoms with Crippen molar-refractivity contribution in [3.63, 3.8) is 0 Å². The third kappa shape index (κ3) is 2.61. The zero-order valence-corrected chi connectivity index (χ0v) is 13.5. The van der Waals surface area contributed by atoms with Gasteiger partial charge in [0.1, 0.15) is 6.29 Å². The van der Waals surface area contributed by atoms with E-state index in [2.05, 4.69) is 44.7 Å². The first-order chi connectivity index (χ1) is 9.40. The Balaban J connectivity index is 2.51. The summed E-state index contributed by atoms with van der Waals surface area (Å²) in [5.41, 5.74) is 4.80. The first-order valence-corrected chi connectivity index (χ1v) is 7.78. The van der Waals surface area contributed by atoms with Crippen molar-refractivity contribution in [1.82, 2.24) is 0 Å². The zero-order valence-electron chi connectivity index (χ0n) is 13.5. The molecule has 0 N–H and O–H groups in total. The molecule has 0 saturated heterocycles. The maximum Gasteiger partial charge on any atom is 0.150 e. The normalized spacial score (nSPS) is 20.6. The van der Waals surface area contributed by atoms with Gasteiger partial charge in [0.2, 0.25) is 0 Å². The molecule has 1 aromatic carbocycles. The molecule has 20 heavy (non-hydrogen) atoms. The van der Waals surface area contributed by atoms with Crippen LogP contribution in [0.2, 0.25) is 0 Å². The van der Waals surface area contributed by atoms with Crippen molar-refractivity contribution >= 4 is 12.0 Å². The van der Waals surface area contributed by atoms with E-state index in [0.29, 0.717) is 5.92 Å². The van der Waals surface area contributed by atoms with Crippen LogP contribution in [0.4, 0.5) is 5.69 Å². The quantitative estimate of drug-likeness (QED) is 0.741. The molecule has 0 fully saturated rings. The first kappa shape index (κ1) is 15.1. The molecule has 0 radical (unpaired) electrons. The van der Waals surface area contributed by atoms with Gasteiger partial charge in [-0.05, 0) is 62.8 Å². The van der Waals surface area contributed by atoms with Crippen molar-refractivity contribution in [2.24, 2.45) is 0 Å². The second kappa shape index (κ2) is 5.59. The predicted molar refractivity (Wildman–Crippen MR) is 85.9 cm³/mol. The van der Waals surface area contributed by atoms with Crippen molar-refractivity contribution in [1.29, 1.82) is 0 Å². The number of fused-ring (bicyclic) bond motifs is 1. The Morgan fingerprint density at radius 3 is 2.70 bits per heavy atom. The lowest BCUT2D eigenvalue weighted by Gasteiger charge is -2.48. The number of rotatable bonds is 4. The number of aryl methyl sites for hydroxylation is 1. The van der Waals surface area contributed by atoms with Crippen molar-refractivity contribution < 1.29 is 4.79 Å². The second-order valence-electron chi connectivity index (χ2n) is 6.81. The van der Waals surface area contributed by atoms with Crippen molar-refractivity contribution in [2.75, 3.05) is 11.4 Å². The van der Waals surface area contributed by atoms with Crippen LogP contribution < -0.4 is 4.90 Å². The summed E-state index contributed by atoms with van der Waals surface area (Å²) in [4.78, 5) is 13.7. The molecular weight excluding hydrogens is 246 g/mol. The number of aldehydes is 1. The fourth-order valence-electron chi connectivity index (χ4n) is 3.52. The van der Waals surface area contributed by atoms with Gasteiger partial charge < -0.3 is 4.90 Å². The number of benzene rings is 1. The summed E-state index contributed by atoms with van der Waals surface area (Å²) in [7, 11) is 0. The summed E-state index contributed by atoms with van der Waals surface area (Å²) in [5, 5.41) is 0. The van der Waals surface area contributed by atoms with Crippen LogP contribution in [0.1, 0.15) is 74.4 Å². The Labute approximate surface area is 123 Å². The Morgan fingerprint density at radius 1 is 1.40 bits per heavy atom. The van der Waals surface area contributed by atoms with Crippen LogP contribution in [-0.4, -0.2) is 18.4 Å². The molecule has 0 bridgehead atoms. The van der Waals surface area contributed by atoms with Gasteiger partial charge in [-0.2, -0.15) is 0 Å². The van der Waals surface area contributed by atoms with Gasteiger partial charge in [-0.25, -0.2) is 0 Å². The molecule has 1 atom stereocenters. The highest BCUT2D eigenvalue weighted by Crippen LogP contribution is 2.44. The average Bonchev–Trinajstić information content (AvgIpc) is 2.37. The van der Waals surface area contributed by atoms with E-state index in [9.17, 15) is 4.79 Å². The van der Waals surface area contributed by atoms with Crippen LogP contribution in [0, 0.1) is 6.92 Å². The smallest absolute Gasteiger partial charge is 0.150 e. The second-order valence-corrected chi connectivity index (χ2v) is 6.81. The van der Waals surface area contributed by atoms with Crippen molar-refractivity contribution in [2.45, 2.75) is 65.3 Å².